The van der Waals surface area contributed by atoms with Crippen LogP contribution in [0.4, 0.5) is 0 Å². The minimum absolute atomic E-state index is 0.0925. The van der Waals surface area contributed by atoms with Crippen LogP contribution < -0.4 is 0 Å². The summed E-state index contributed by atoms with van der Waals surface area (Å²) in [4.78, 5) is 21.8. The summed E-state index contributed by atoms with van der Waals surface area (Å²) < 4.78 is 0. The monoisotopic (exact) mass is 170 g/mol. The molecule has 68 valence electrons. The molecule has 0 aromatic carbocycles. The second kappa shape index (κ2) is 2.57. The van der Waals surface area contributed by atoms with E-state index < -0.39 is 11.9 Å². The Kier molecular flexibility index (Phi) is 1.98. The van der Waals surface area contributed by atoms with Gasteiger partial charge in [0.05, 0.1) is 5.92 Å². The van der Waals surface area contributed by atoms with E-state index in [1.54, 1.807) is 0 Å². The fourth-order valence-corrected chi connectivity index (χ4v) is 1.84. The number of hydrogen-bond donors (Lipinski definition) is 1. The van der Waals surface area contributed by atoms with Gasteiger partial charge in [0.15, 0.2) is 0 Å². The maximum atomic E-state index is 11.1. The first-order chi connectivity index (χ1) is 5.34. The first kappa shape index (κ1) is 9.23. The normalized spacial score (nSPS) is 29.8. The van der Waals surface area contributed by atoms with Crippen LogP contribution in [0.25, 0.3) is 0 Å². The number of ketones is 1. The SMILES string of the molecule is CC(C)(C)C1C(=O)CC1C(=O)O. The summed E-state index contributed by atoms with van der Waals surface area (Å²) in [6.07, 6.45) is 0.220. The minimum atomic E-state index is -0.838. The lowest BCUT2D eigenvalue weighted by molar-refractivity contribution is -0.160. The lowest BCUT2D eigenvalue weighted by Crippen LogP contribution is -2.48. The molecular weight excluding hydrogens is 156 g/mol. The molecule has 0 aromatic heterocycles. The Morgan fingerprint density at radius 3 is 2.17 bits per heavy atom. The highest BCUT2D eigenvalue weighted by atomic mass is 16.4. The first-order valence-corrected chi connectivity index (χ1v) is 4.09. The molecule has 1 rings (SSSR count). The van der Waals surface area contributed by atoms with Crippen molar-refractivity contribution in [1.82, 2.24) is 0 Å². The van der Waals surface area contributed by atoms with Crippen LogP contribution in [0.5, 0.6) is 0 Å². The summed E-state index contributed by atoms with van der Waals surface area (Å²) >= 11 is 0. The molecule has 1 saturated carbocycles. The van der Waals surface area contributed by atoms with Gasteiger partial charge in [-0.1, -0.05) is 20.8 Å². The molecule has 3 heteroatoms. The van der Waals surface area contributed by atoms with Crippen LogP contribution in [-0.4, -0.2) is 16.9 Å². The third-order valence-electron chi connectivity index (χ3n) is 2.42. The molecule has 12 heavy (non-hydrogen) atoms. The zero-order valence-electron chi connectivity index (χ0n) is 7.63. The predicted octanol–water partition coefficient (Wildman–Crippen LogP) is 1.32. The largest absolute Gasteiger partial charge is 0.481 e. The maximum Gasteiger partial charge on any atom is 0.307 e. The standard InChI is InChI=1S/C9H14O3/c1-9(2,3)7-5(8(11)12)4-6(7)10/h5,7H,4H2,1-3H3,(H,11,12). The third kappa shape index (κ3) is 1.36. The van der Waals surface area contributed by atoms with E-state index in [-0.39, 0.29) is 23.5 Å². The highest BCUT2D eigenvalue weighted by Gasteiger charge is 2.50. The molecule has 0 saturated heterocycles. The molecule has 0 heterocycles. The van der Waals surface area contributed by atoms with Crippen LogP contribution in [0, 0.1) is 17.3 Å². The average molecular weight is 170 g/mol. The number of carbonyl (C=O) groups excluding carboxylic acids is 1. The summed E-state index contributed by atoms with van der Waals surface area (Å²) in [6.45, 7) is 5.72. The molecule has 0 aliphatic heterocycles. The summed E-state index contributed by atoms with van der Waals surface area (Å²) in [5.41, 5.74) is -0.210. The Morgan fingerprint density at radius 1 is 1.50 bits per heavy atom. The number of Topliss-reactive ketones (excluding diaryl/α,β-unsaturated/α-hetero) is 1. The second-order valence-corrected chi connectivity index (χ2v) is 4.46. The van der Waals surface area contributed by atoms with Gasteiger partial charge in [-0.15, -0.1) is 0 Å². The predicted molar refractivity (Wildman–Crippen MR) is 43.7 cm³/mol. The summed E-state index contributed by atoms with van der Waals surface area (Å²) in [5, 5.41) is 8.73. The first-order valence-electron chi connectivity index (χ1n) is 4.09. The van der Waals surface area contributed by atoms with Gasteiger partial charge < -0.3 is 5.11 Å². The molecule has 0 aromatic rings. The highest BCUT2D eigenvalue weighted by Crippen LogP contribution is 2.43. The van der Waals surface area contributed by atoms with Gasteiger partial charge in [0.25, 0.3) is 0 Å². The molecule has 0 radical (unpaired) electrons. The summed E-state index contributed by atoms with van der Waals surface area (Å²) in [5.74, 6) is -1.48. The van der Waals surface area contributed by atoms with E-state index in [1.807, 2.05) is 20.8 Å². The van der Waals surface area contributed by atoms with Gasteiger partial charge in [-0.2, -0.15) is 0 Å². The Hall–Kier alpha value is -0.860. The number of aliphatic carboxylic acids is 1. The zero-order valence-corrected chi connectivity index (χ0v) is 7.63. The molecule has 2 atom stereocenters. The van der Waals surface area contributed by atoms with Gasteiger partial charge in [0.2, 0.25) is 0 Å². The fraction of sp³-hybridized carbons (Fsp3) is 0.778. The van der Waals surface area contributed by atoms with Crippen molar-refractivity contribution in [3.8, 4) is 0 Å². The van der Waals surface area contributed by atoms with Crippen molar-refractivity contribution >= 4 is 11.8 Å². The van der Waals surface area contributed by atoms with E-state index in [0.29, 0.717) is 0 Å². The van der Waals surface area contributed by atoms with Gasteiger partial charge in [-0.3, -0.25) is 9.59 Å². The van der Waals surface area contributed by atoms with Crippen molar-refractivity contribution in [2.75, 3.05) is 0 Å². The van der Waals surface area contributed by atoms with Crippen LogP contribution >= 0.6 is 0 Å². The highest BCUT2D eigenvalue weighted by molar-refractivity contribution is 5.96. The number of carboxylic acids is 1. The Labute approximate surface area is 71.8 Å². The van der Waals surface area contributed by atoms with Gasteiger partial charge in [0, 0.05) is 12.3 Å². The molecule has 1 N–H and O–H groups in total. The summed E-state index contributed by atoms with van der Waals surface area (Å²) in [6, 6.07) is 0. The topological polar surface area (TPSA) is 54.4 Å². The van der Waals surface area contributed by atoms with Gasteiger partial charge in [-0.05, 0) is 5.41 Å². The lowest BCUT2D eigenvalue weighted by Gasteiger charge is -2.41. The molecule has 3 nitrogen and oxygen atoms in total. The van der Waals surface area contributed by atoms with Crippen LogP contribution in [0.3, 0.4) is 0 Å². The van der Waals surface area contributed by atoms with E-state index in [1.165, 1.54) is 0 Å². The van der Waals surface area contributed by atoms with Crippen molar-refractivity contribution in [2.24, 2.45) is 17.3 Å². The maximum absolute atomic E-state index is 11.1. The number of carboxylic acid groups (broad SMARTS) is 1. The van der Waals surface area contributed by atoms with Crippen LogP contribution in [0.1, 0.15) is 27.2 Å². The quantitative estimate of drug-likeness (QED) is 0.645. The molecule has 0 spiro atoms. The fourth-order valence-electron chi connectivity index (χ4n) is 1.84. The van der Waals surface area contributed by atoms with Gasteiger partial charge >= 0.3 is 5.97 Å². The smallest absolute Gasteiger partial charge is 0.307 e. The lowest BCUT2D eigenvalue weighted by atomic mass is 9.60. The van der Waals surface area contributed by atoms with Crippen LogP contribution in [-0.2, 0) is 9.59 Å². The Balaban J connectivity index is 2.75. The van der Waals surface area contributed by atoms with E-state index in [9.17, 15) is 9.59 Å². The van der Waals surface area contributed by atoms with E-state index in [0.717, 1.165) is 0 Å². The molecule has 1 aliphatic rings. The van der Waals surface area contributed by atoms with Crippen molar-refractivity contribution in [3.63, 3.8) is 0 Å². The van der Waals surface area contributed by atoms with E-state index >= 15 is 0 Å². The van der Waals surface area contributed by atoms with Crippen molar-refractivity contribution in [2.45, 2.75) is 27.2 Å². The molecular formula is C9H14O3. The molecule has 0 bridgehead atoms. The minimum Gasteiger partial charge on any atom is -0.481 e. The molecule has 0 amide bonds. The van der Waals surface area contributed by atoms with E-state index in [2.05, 4.69) is 0 Å². The molecule has 2 unspecified atom stereocenters. The van der Waals surface area contributed by atoms with Crippen molar-refractivity contribution in [1.29, 1.82) is 0 Å². The number of rotatable bonds is 1. The van der Waals surface area contributed by atoms with E-state index in [4.69, 9.17) is 5.11 Å². The number of carbonyl (C=O) groups is 2. The Morgan fingerprint density at radius 2 is 2.00 bits per heavy atom. The van der Waals surface area contributed by atoms with Crippen LogP contribution in [0.2, 0.25) is 0 Å². The Bertz CT molecular complexity index is 224. The second-order valence-electron chi connectivity index (χ2n) is 4.46. The van der Waals surface area contributed by atoms with Crippen molar-refractivity contribution in [3.05, 3.63) is 0 Å². The van der Waals surface area contributed by atoms with Gasteiger partial charge in [-0.25, -0.2) is 0 Å². The van der Waals surface area contributed by atoms with Gasteiger partial charge in [0.1, 0.15) is 5.78 Å². The third-order valence-corrected chi connectivity index (χ3v) is 2.42. The summed E-state index contributed by atoms with van der Waals surface area (Å²) in [7, 11) is 0. The zero-order chi connectivity index (χ0) is 9.52. The molecule has 1 fully saturated rings. The van der Waals surface area contributed by atoms with Crippen LogP contribution in [0.15, 0.2) is 0 Å². The van der Waals surface area contributed by atoms with Crippen molar-refractivity contribution < 1.29 is 14.7 Å². The molecule has 1 aliphatic carbocycles. The number of hydrogen-bond acceptors (Lipinski definition) is 2. The average Bonchev–Trinajstić information content (AvgIpc) is 1.77.